The number of fused-ring (bicyclic) bond motifs is 2. The summed E-state index contributed by atoms with van der Waals surface area (Å²) in [4.78, 5) is 17.0. The molecule has 2 aromatic carbocycles. The van der Waals surface area contributed by atoms with Gasteiger partial charge in [0.15, 0.2) is 0 Å². The quantitative estimate of drug-likeness (QED) is 0.256. The monoisotopic (exact) mass is 358 g/mol. The Morgan fingerprint density at radius 2 is 1.96 bits per heavy atom. The van der Waals surface area contributed by atoms with E-state index in [2.05, 4.69) is 22.5 Å². The van der Waals surface area contributed by atoms with Crippen LogP contribution in [0.25, 0.3) is 21.7 Å². The Morgan fingerprint density at radius 3 is 2.85 bits per heavy atom. The van der Waals surface area contributed by atoms with Crippen LogP contribution in [0, 0.1) is 0 Å². The van der Waals surface area contributed by atoms with Crippen molar-refractivity contribution in [2.24, 2.45) is 0 Å². The van der Waals surface area contributed by atoms with Gasteiger partial charge in [0.1, 0.15) is 5.75 Å². The lowest BCUT2D eigenvalue weighted by Gasteiger charge is -2.05. The number of para-hydroxylation sites is 1. The van der Waals surface area contributed by atoms with Crippen molar-refractivity contribution in [1.82, 2.24) is 9.55 Å². The fourth-order valence-electron chi connectivity index (χ4n) is 3.42. The topological polar surface area (TPSA) is 44.1 Å². The molecule has 27 heavy (non-hydrogen) atoms. The predicted molar refractivity (Wildman–Crippen MR) is 108 cm³/mol. The predicted octanol–water partition coefficient (Wildman–Crippen LogP) is 5.60. The molecular formula is C23H22N2O2. The molecule has 4 heteroatoms. The third-order valence-electron chi connectivity index (χ3n) is 4.83. The van der Waals surface area contributed by atoms with Gasteiger partial charge in [-0.1, -0.05) is 44.0 Å². The highest BCUT2D eigenvalue weighted by Crippen LogP contribution is 2.25. The molecule has 0 fully saturated rings. The van der Waals surface area contributed by atoms with Crippen molar-refractivity contribution in [2.45, 2.75) is 32.7 Å². The highest BCUT2D eigenvalue weighted by atomic mass is 16.5. The summed E-state index contributed by atoms with van der Waals surface area (Å²) in [6.45, 7) is 3.10. The zero-order chi connectivity index (χ0) is 18.6. The van der Waals surface area contributed by atoms with E-state index in [1.807, 2.05) is 48.7 Å². The minimum absolute atomic E-state index is 0.330. The van der Waals surface area contributed by atoms with Crippen molar-refractivity contribution in [3.05, 3.63) is 72.7 Å². The fraction of sp³-hybridized carbons (Fsp3) is 0.217. The smallest absolute Gasteiger partial charge is 0.345 e. The van der Waals surface area contributed by atoms with Gasteiger partial charge in [-0.05, 0) is 36.1 Å². The number of benzene rings is 2. The summed E-state index contributed by atoms with van der Waals surface area (Å²) < 4.78 is 7.83. The van der Waals surface area contributed by atoms with Crippen molar-refractivity contribution in [3.63, 3.8) is 0 Å². The number of aromatic nitrogens is 2. The lowest BCUT2D eigenvalue weighted by Crippen LogP contribution is -2.08. The number of ether oxygens (including phenoxy) is 1. The molecule has 0 N–H and O–H groups in total. The minimum atomic E-state index is -0.330. The second-order valence-corrected chi connectivity index (χ2v) is 6.73. The number of carbonyl (C=O) groups is 1. The summed E-state index contributed by atoms with van der Waals surface area (Å²) >= 11 is 0. The Hall–Kier alpha value is -3.14. The fourth-order valence-corrected chi connectivity index (χ4v) is 3.42. The van der Waals surface area contributed by atoms with Crippen molar-refractivity contribution < 1.29 is 9.53 Å². The number of carbonyl (C=O) groups excluding carboxylic acids is 1. The molecule has 0 saturated heterocycles. The molecule has 2 heterocycles. The normalized spacial score (nSPS) is 11.1. The van der Waals surface area contributed by atoms with Crippen molar-refractivity contribution in [3.8, 4) is 5.75 Å². The molecule has 0 aliphatic rings. The van der Waals surface area contributed by atoms with Gasteiger partial charge in [0.05, 0.1) is 5.56 Å². The molecule has 2 aromatic heterocycles. The first kappa shape index (κ1) is 17.3. The van der Waals surface area contributed by atoms with Crippen LogP contribution in [-0.4, -0.2) is 15.5 Å². The Bertz CT molecular complexity index is 1100. The van der Waals surface area contributed by atoms with Crippen LogP contribution in [0.3, 0.4) is 0 Å². The molecule has 4 rings (SSSR count). The lowest BCUT2D eigenvalue weighted by molar-refractivity contribution is 0.0737. The molecule has 0 bridgehead atoms. The van der Waals surface area contributed by atoms with E-state index in [0.29, 0.717) is 11.3 Å². The summed E-state index contributed by atoms with van der Waals surface area (Å²) in [5, 5.41) is 2.95. The van der Waals surface area contributed by atoms with Crippen LogP contribution in [-0.2, 0) is 6.54 Å². The second-order valence-electron chi connectivity index (χ2n) is 6.73. The molecule has 0 aliphatic heterocycles. The van der Waals surface area contributed by atoms with Crippen LogP contribution in [0.4, 0.5) is 0 Å². The van der Waals surface area contributed by atoms with E-state index in [1.54, 1.807) is 12.4 Å². The average Bonchev–Trinajstić information content (AvgIpc) is 3.07. The van der Waals surface area contributed by atoms with Crippen molar-refractivity contribution in [2.75, 3.05) is 0 Å². The molecule has 0 unspecified atom stereocenters. The molecule has 0 spiro atoms. The zero-order valence-corrected chi connectivity index (χ0v) is 15.4. The first-order valence-corrected chi connectivity index (χ1v) is 9.40. The van der Waals surface area contributed by atoms with Gasteiger partial charge in [-0.2, -0.15) is 0 Å². The van der Waals surface area contributed by atoms with Crippen LogP contribution in [0.15, 0.2) is 67.1 Å². The van der Waals surface area contributed by atoms with Gasteiger partial charge in [-0.25, -0.2) is 4.79 Å². The first-order chi connectivity index (χ1) is 13.3. The molecular weight excluding hydrogens is 336 g/mol. The zero-order valence-electron chi connectivity index (χ0n) is 15.4. The number of nitrogens with zero attached hydrogens (tertiary/aromatic N) is 2. The molecule has 0 atom stereocenters. The third kappa shape index (κ3) is 3.56. The number of rotatable bonds is 6. The number of aryl methyl sites for hydroxylation is 1. The van der Waals surface area contributed by atoms with E-state index in [1.165, 1.54) is 12.8 Å². The molecule has 0 aliphatic carbocycles. The Labute approximate surface area is 158 Å². The van der Waals surface area contributed by atoms with Crippen molar-refractivity contribution >= 4 is 27.6 Å². The molecule has 0 radical (unpaired) electrons. The summed E-state index contributed by atoms with van der Waals surface area (Å²) in [6, 6.07) is 15.5. The summed E-state index contributed by atoms with van der Waals surface area (Å²) in [5.41, 5.74) is 1.68. The molecule has 0 amide bonds. The minimum Gasteiger partial charge on any atom is -0.423 e. The maximum Gasteiger partial charge on any atom is 0.345 e. The van der Waals surface area contributed by atoms with E-state index >= 15 is 0 Å². The van der Waals surface area contributed by atoms with Crippen LogP contribution in [0.1, 0.15) is 36.5 Å². The van der Waals surface area contributed by atoms with Crippen LogP contribution in [0.5, 0.6) is 5.75 Å². The van der Waals surface area contributed by atoms with Gasteiger partial charge >= 0.3 is 5.97 Å². The van der Waals surface area contributed by atoms with Gasteiger partial charge in [0.25, 0.3) is 0 Å². The second kappa shape index (κ2) is 7.62. The Morgan fingerprint density at radius 1 is 1.07 bits per heavy atom. The first-order valence-electron chi connectivity index (χ1n) is 9.40. The number of pyridine rings is 1. The van der Waals surface area contributed by atoms with Gasteiger partial charge in [-0.3, -0.25) is 4.98 Å². The average molecular weight is 358 g/mol. The largest absolute Gasteiger partial charge is 0.423 e. The van der Waals surface area contributed by atoms with Crippen molar-refractivity contribution in [1.29, 1.82) is 0 Å². The van der Waals surface area contributed by atoms with Gasteiger partial charge < -0.3 is 9.30 Å². The van der Waals surface area contributed by atoms with E-state index in [0.717, 1.165) is 34.6 Å². The summed E-state index contributed by atoms with van der Waals surface area (Å²) in [6.07, 6.45) is 8.89. The standard InChI is InChI=1S/C23H22N2O2/c1-2-3-6-13-25-16-21(20-7-4-5-8-22(20)25)23(26)27-19-10-9-17-11-12-24-15-18(17)14-19/h4-5,7-12,14-16H,2-3,6,13H2,1H3. The number of hydrogen-bond donors (Lipinski definition) is 0. The van der Waals surface area contributed by atoms with Gasteiger partial charge in [0, 0.05) is 41.4 Å². The maximum atomic E-state index is 12.9. The maximum absolute atomic E-state index is 12.9. The van der Waals surface area contributed by atoms with E-state index in [9.17, 15) is 4.79 Å². The molecule has 136 valence electrons. The Kier molecular flexibility index (Phi) is 4.88. The number of unbranched alkanes of at least 4 members (excludes halogenated alkanes) is 2. The highest BCUT2D eigenvalue weighted by Gasteiger charge is 2.17. The Balaban J connectivity index is 1.63. The highest BCUT2D eigenvalue weighted by molar-refractivity contribution is 6.05. The third-order valence-corrected chi connectivity index (χ3v) is 4.83. The number of esters is 1. The molecule has 0 saturated carbocycles. The van der Waals surface area contributed by atoms with Gasteiger partial charge in [-0.15, -0.1) is 0 Å². The molecule has 4 nitrogen and oxygen atoms in total. The lowest BCUT2D eigenvalue weighted by atomic mass is 10.1. The van der Waals surface area contributed by atoms with E-state index in [-0.39, 0.29) is 5.97 Å². The number of hydrogen-bond acceptors (Lipinski definition) is 3. The van der Waals surface area contributed by atoms with Gasteiger partial charge in [0.2, 0.25) is 0 Å². The summed E-state index contributed by atoms with van der Waals surface area (Å²) in [7, 11) is 0. The van der Waals surface area contributed by atoms with Crippen LogP contribution in [0.2, 0.25) is 0 Å². The van der Waals surface area contributed by atoms with E-state index < -0.39 is 0 Å². The molecule has 4 aromatic rings. The van der Waals surface area contributed by atoms with Crippen LogP contribution < -0.4 is 4.74 Å². The van der Waals surface area contributed by atoms with Crippen LogP contribution >= 0.6 is 0 Å². The SMILES string of the molecule is CCCCCn1cc(C(=O)Oc2ccc3ccncc3c2)c2ccccc21. The van der Waals surface area contributed by atoms with E-state index in [4.69, 9.17) is 4.74 Å². The summed E-state index contributed by atoms with van der Waals surface area (Å²) in [5.74, 6) is 0.201.